The Morgan fingerprint density at radius 2 is 1.85 bits per heavy atom. The number of nitrogens with one attached hydrogen (secondary N) is 1. The molecule has 0 aromatic heterocycles. The van der Waals surface area contributed by atoms with Crippen molar-refractivity contribution in [3.63, 3.8) is 0 Å². The van der Waals surface area contributed by atoms with Gasteiger partial charge in [0.2, 0.25) is 11.8 Å². The molecule has 206 valence electrons. The van der Waals surface area contributed by atoms with Crippen molar-refractivity contribution in [1.29, 1.82) is 0 Å². The summed E-state index contributed by atoms with van der Waals surface area (Å²) in [5.41, 5.74) is 1.48. The number of carbonyl (C=O) groups is 4. The molecule has 0 saturated carbocycles. The standard InChI is InChI=1S/C28H28F3N3O5/c1-3-18(8-7-17(2)15-33-13-11-19(12-14-33)28(29,30)31)16-39-22-6-4-5-20-24(22)27(38)34(26(20)37)21-9-10-23(35)32-25(21)36/h1,4-8,19,21H,9-16H2,2H3,(H,32,35,36). The van der Waals surface area contributed by atoms with Crippen LogP contribution in [0.5, 0.6) is 5.75 Å². The average Bonchev–Trinajstić information content (AvgIpc) is 3.14. The third-order valence-corrected chi connectivity index (χ3v) is 7.09. The molecule has 1 aromatic rings. The fraction of sp³-hybridized carbons (Fsp3) is 0.429. The molecule has 3 aliphatic heterocycles. The first-order valence-electron chi connectivity index (χ1n) is 12.6. The van der Waals surface area contributed by atoms with Crippen LogP contribution in [0.15, 0.2) is 41.5 Å². The van der Waals surface area contributed by atoms with E-state index in [2.05, 4.69) is 11.2 Å². The number of allylic oxidation sites excluding steroid dienone is 2. The van der Waals surface area contributed by atoms with Gasteiger partial charge in [0.1, 0.15) is 18.4 Å². The SMILES string of the molecule is C#CC(=CC=C(C)CN1CCC(C(F)(F)F)CC1)COc1cccc2c1C(=O)N(C1CCC(=O)NC1=O)C2=O. The summed E-state index contributed by atoms with van der Waals surface area (Å²) in [6.45, 7) is 3.03. The lowest BCUT2D eigenvalue weighted by Gasteiger charge is -2.33. The number of likely N-dealkylation sites (tertiary alicyclic amines) is 1. The smallest absolute Gasteiger partial charge is 0.391 e. The van der Waals surface area contributed by atoms with E-state index in [0.717, 1.165) is 10.5 Å². The average molecular weight is 544 g/mol. The number of terminal acetylenes is 1. The van der Waals surface area contributed by atoms with Crippen LogP contribution in [0.4, 0.5) is 13.2 Å². The molecule has 3 heterocycles. The van der Waals surface area contributed by atoms with Crippen LogP contribution in [0, 0.1) is 18.3 Å². The van der Waals surface area contributed by atoms with Crippen molar-refractivity contribution in [2.24, 2.45) is 5.92 Å². The Bertz CT molecular complexity index is 1290. The highest BCUT2D eigenvalue weighted by molar-refractivity contribution is 6.24. The number of benzene rings is 1. The maximum absolute atomic E-state index is 13.2. The monoisotopic (exact) mass is 543 g/mol. The molecule has 1 N–H and O–H groups in total. The van der Waals surface area contributed by atoms with Gasteiger partial charge in [-0.15, -0.1) is 6.42 Å². The Morgan fingerprint density at radius 1 is 1.13 bits per heavy atom. The predicted molar refractivity (Wildman–Crippen MR) is 135 cm³/mol. The number of fused-ring (bicyclic) bond motifs is 1. The minimum atomic E-state index is -4.15. The number of alkyl halides is 3. The fourth-order valence-corrected chi connectivity index (χ4v) is 4.96. The Hall–Kier alpha value is -3.91. The molecule has 1 aromatic carbocycles. The number of ether oxygens (including phenoxy) is 1. The summed E-state index contributed by atoms with van der Waals surface area (Å²) in [6, 6.07) is 3.46. The molecule has 2 fully saturated rings. The summed E-state index contributed by atoms with van der Waals surface area (Å²) < 4.78 is 44.5. The highest BCUT2D eigenvalue weighted by Gasteiger charge is 2.46. The summed E-state index contributed by atoms with van der Waals surface area (Å²) in [5.74, 6) is -1.08. The van der Waals surface area contributed by atoms with Crippen molar-refractivity contribution in [3.8, 4) is 18.1 Å². The second-order valence-electron chi connectivity index (χ2n) is 9.86. The first-order valence-corrected chi connectivity index (χ1v) is 12.6. The highest BCUT2D eigenvalue weighted by atomic mass is 19.4. The van der Waals surface area contributed by atoms with E-state index in [0.29, 0.717) is 25.2 Å². The third kappa shape index (κ3) is 6.23. The maximum atomic E-state index is 13.2. The minimum absolute atomic E-state index is 0.0161. The number of nitrogens with zero attached hydrogens (tertiary/aromatic N) is 2. The molecule has 1 unspecified atom stereocenters. The number of carbonyl (C=O) groups excluding carboxylic acids is 4. The van der Waals surface area contributed by atoms with Gasteiger partial charge < -0.3 is 4.74 Å². The molecule has 11 heteroatoms. The van der Waals surface area contributed by atoms with Gasteiger partial charge in [0.05, 0.1) is 17.0 Å². The number of hydrogen-bond donors (Lipinski definition) is 1. The number of halogens is 3. The summed E-state index contributed by atoms with van der Waals surface area (Å²) in [7, 11) is 0. The lowest BCUT2D eigenvalue weighted by molar-refractivity contribution is -0.184. The predicted octanol–water partition coefficient (Wildman–Crippen LogP) is 3.25. The Labute approximate surface area is 223 Å². The van der Waals surface area contributed by atoms with Gasteiger partial charge >= 0.3 is 6.18 Å². The molecule has 4 rings (SSSR count). The van der Waals surface area contributed by atoms with Crippen molar-refractivity contribution < 1.29 is 37.1 Å². The summed E-state index contributed by atoms with van der Waals surface area (Å²) in [4.78, 5) is 52.7. The van der Waals surface area contributed by atoms with E-state index in [4.69, 9.17) is 11.2 Å². The second kappa shape index (κ2) is 11.5. The fourth-order valence-electron chi connectivity index (χ4n) is 4.96. The third-order valence-electron chi connectivity index (χ3n) is 7.09. The molecule has 0 radical (unpaired) electrons. The number of piperidine rings is 2. The van der Waals surface area contributed by atoms with Crippen LogP contribution < -0.4 is 10.1 Å². The molecule has 0 spiro atoms. The van der Waals surface area contributed by atoms with Gasteiger partial charge in [0.15, 0.2) is 0 Å². The topological polar surface area (TPSA) is 96.0 Å². The lowest BCUT2D eigenvalue weighted by Crippen LogP contribution is -2.54. The lowest BCUT2D eigenvalue weighted by atomic mass is 9.96. The number of imide groups is 2. The molecule has 4 amide bonds. The molecule has 1 atom stereocenters. The maximum Gasteiger partial charge on any atom is 0.391 e. The summed E-state index contributed by atoms with van der Waals surface area (Å²) in [5, 5.41) is 2.15. The van der Waals surface area contributed by atoms with Crippen molar-refractivity contribution in [2.75, 3.05) is 26.2 Å². The Kier molecular flexibility index (Phi) is 8.25. The molecule has 2 saturated heterocycles. The molecule has 0 bridgehead atoms. The number of amides is 4. The minimum Gasteiger partial charge on any atom is -0.487 e. The zero-order valence-corrected chi connectivity index (χ0v) is 21.3. The quantitative estimate of drug-likeness (QED) is 0.322. The van der Waals surface area contributed by atoms with E-state index < -0.39 is 41.8 Å². The van der Waals surface area contributed by atoms with Crippen molar-refractivity contribution in [3.05, 3.63) is 52.6 Å². The highest BCUT2D eigenvalue weighted by Crippen LogP contribution is 2.35. The van der Waals surface area contributed by atoms with Gasteiger partial charge in [-0.25, -0.2) is 0 Å². The van der Waals surface area contributed by atoms with E-state index in [1.54, 1.807) is 18.2 Å². The van der Waals surface area contributed by atoms with Gasteiger partial charge in [-0.2, -0.15) is 13.2 Å². The van der Waals surface area contributed by atoms with Crippen LogP contribution >= 0.6 is 0 Å². The van der Waals surface area contributed by atoms with Crippen molar-refractivity contribution >= 4 is 23.6 Å². The van der Waals surface area contributed by atoms with Crippen molar-refractivity contribution in [2.45, 2.75) is 44.8 Å². The van der Waals surface area contributed by atoms with Crippen LogP contribution in [0.2, 0.25) is 0 Å². The van der Waals surface area contributed by atoms with E-state index in [-0.39, 0.29) is 49.2 Å². The molecule has 39 heavy (non-hydrogen) atoms. The molecular formula is C28H28F3N3O5. The normalized spacial score (nSPS) is 21.6. The van der Waals surface area contributed by atoms with E-state index >= 15 is 0 Å². The Morgan fingerprint density at radius 3 is 2.49 bits per heavy atom. The molecular weight excluding hydrogens is 515 g/mol. The van der Waals surface area contributed by atoms with Crippen molar-refractivity contribution in [1.82, 2.24) is 15.1 Å². The van der Waals surface area contributed by atoms with Crippen LogP contribution in [-0.4, -0.2) is 71.9 Å². The molecule has 8 nitrogen and oxygen atoms in total. The first kappa shape index (κ1) is 28.1. The van der Waals surface area contributed by atoms with Gasteiger partial charge in [0, 0.05) is 18.5 Å². The largest absolute Gasteiger partial charge is 0.487 e. The number of hydrogen-bond acceptors (Lipinski definition) is 6. The number of rotatable bonds is 7. The molecule has 0 aliphatic carbocycles. The second-order valence-corrected chi connectivity index (χ2v) is 9.86. The summed E-state index contributed by atoms with van der Waals surface area (Å²) >= 11 is 0. The van der Waals surface area contributed by atoms with E-state index in [1.165, 1.54) is 12.1 Å². The van der Waals surface area contributed by atoms with Gasteiger partial charge in [0.25, 0.3) is 11.8 Å². The van der Waals surface area contributed by atoms with Crippen LogP contribution in [-0.2, 0) is 9.59 Å². The first-order chi connectivity index (χ1) is 18.5. The molecule has 3 aliphatic rings. The van der Waals surface area contributed by atoms with Gasteiger partial charge in [-0.1, -0.05) is 23.6 Å². The Balaban J connectivity index is 1.39. The zero-order valence-electron chi connectivity index (χ0n) is 21.3. The zero-order chi connectivity index (χ0) is 28.3. The van der Waals surface area contributed by atoms with Crippen LogP contribution in [0.25, 0.3) is 0 Å². The van der Waals surface area contributed by atoms with Gasteiger partial charge in [-0.05, 0) is 57.5 Å². The van der Waals surface area contributed by atoms with E-state index in [9.17, 15) is 32.3 Å². The van der Waals surface area contributed by atoms with Crippen LogP contribution in [0.3, 0.4) is 0 Å². The van der Waals surface area contributed by atoms with Crippen LogP contribution in [0.1, 0.15) is 53.3 Å². The summed E-state index contributed by atoms with van der Waals surface area (Å²) in [6.07, 6.45) is 5.15. The van der Waals surface area contributed by atoms with Gasteiger partial charge in [-0.3, -0.25) is 34.3 Å². The van der Waals surface area contributed by atoms with E-state index in [1.807, 2.05) is 11.8 Å².